The van der Waals surface area contributed by atoms with E-state index >= 15 is 0 Å². The van der Waals surface area contributed by atoms with Crippen LogP contribution in [0.15, 0.2) is 30.3 Å². The first-order valence-electron chi connectivity index (χ1n) is 14.1. The highest BCUT2D eigenvalue weighted by Gasteiger charge is 2.23. The third kappa shape index (κ3) is 11.4. The second-order valence-corrected chi connectivity index (χ2v) is 10.4. The Hall–Kier alpha value is -1.96. The number of hydrogen-bond donors (Lipinski definition) is 2. The van der Waals surface area contributed by atoms with Crippen LogP contribution in [0.3, 0.4) is 0 Å². The molecular formula is C29H50N4O3. The van der Waals surface area contributed by atoms with Crippen molar-refractivity contribution in [2.75, 3.05) is 39.8 Å². The first-order chi connectivity index (χ1) is 17.5. The molecule has 2 aliphatic rings. The number of benzene rings is 1. The summed E-state index contributed by atoms with van der Waals surface area (Å²) in [6.45, 7) is 10.3. The van der Waals surface area contributed by atoms with Gasteiger partial charge >= 0.3 is 0 Å². The molecule has 1 aromatic rings. The van der Waals surface area contributed by atoms with Crippen molar-refractivity contribution in [3.8, 4) is 0 Å². The summed E-state index contributed by atoms with van der Waals surface area (Å²) >= 11 is 0. The van der Waals surface area contributed by atoms with E-state index in [-0.39, 0.29) is 11.9 Å². The normalized spacial score (nSPS) is 20.2. The van der Waals surface area contributed by atoms with E-state index in [1.165, 1.54) is 44.1 Å². The fraction of sp³-hybridized carbons (Fsp3) is 0.724. The molecule has 1 aromatic carbocycles. The summed E-state index contributed by atoms with van der Waals surface area (Å²) in [5.41, 5.74) is 1.33. The maximum atomic E-state index is 11.7. The fourth-order valence-electron chi connectivity index (χ4n) is 5.15. The molecule has 0 spiro atoms. The average molecular weight is 503 g/mol. The van der Waals surface area contributed by atoms with Crippen LogP contribution in [0.2, 0.25) is 0 Å². The van der Waals surface area contributed by atoms with Gasteiger partial charge in [0.1, 0.15) is 0 Å². The molecule has 0 aromatic heterocycles. The number of carbonyl (C=O) groups excluding carboxylic acids is 2. The Balaban J connectivity index is 0.000000269. The van der Waals surface area contributed by atoms with Gasteiger partial charge in [-0.25, -0.2) is 0 Å². The molecule has 7 heteroatoms. The Bertz CT molecular complexity index is 726. The minimum atomic E-state index is -0.0870. The van der Waals surface area contributed by atoms with Crippen LogP contribution in [-0.2, 0) is 20.8 Å². The maximum Gasteiger partial charge on any atom is 0.237 e. The van der Waals surface area contributed by atoms with Gasteiger partial charge in [0.15, 0.2) is 0 Å². The van der Waals surface area contributed by atoms with Crippen LogP contribution in [0.4, 0.5) is 0 Å². The highest BCUT2D eigenvalue weighted by Crippen LogP contribution is 2.26. The van der Waals surface area contributed by atoms with Gasteiger partial charge in [-0.2, -0.15) is 5.06 Å². The molecule has 1 saturated heterocycles. The number of likely N-dealkylation sites (tertiary alicyclic amines) is 1. The predicted octanol–water partition coefficient (Wildman–Crippen LogP) is 4.03. The number of piperidine rings is 1. The molecule has 0 radical (unpaired) electrons. The zero-order valence-electron chi connectivity index (χ0n) is 23.1. The lowest BCUT2D eigenvalue weighted by Gasteiger charge is -2.33. The minimum absolute atomic E-state index is 0.0870. The Labute approximate surface area is 219 Å². The smallest absolute Gasteiger partial charge is 0.237 e. The summed E-state index contributed by atoms with van der Waals surface area (Å²) in [7, 11) is 1.82. The van der Waals surface area contributed by atoms with Crippen LogP contribution in [0.1, 0.15) is 71.3 Å². The number of amides is 2. The fourth-order valence-corrected chi connectivity index (χ4v) is 5.15. The third-order valence-electron chi connectivity index (χ3n) is 7.52. The molecular weight excluding hydrogens is 452 g/mol. The van der Waals surface area contributed by atoms with E-state index in [0.717, 1.165) is 45.4 Å². The van der Waals surface area contributed by atoms with Crippen molar-refractivity contribution in [1.29, 1.82) is 0 Å². The molecule has 0 bridgehead atoms. The van der Waals surface area contributed by atoms with E-state index in [2.05, 4.69) is 46.9 Å². The van der Waals surface area contributed by atoms with Crippen LogP contribution < -0.4 is 10.6 Å². The van der Waals surface area contributed by atoms with E-state index < -0.39 is 0 Å². The van der Waals surface area contributed by atoms with Gasteiger partial charge in [-0.15, -0.1) is 0 Å². The molecule has 1 saturated carbocycles. The molecule has 1 aliphatic carbocycles. The Morgan fingerprint density at radius 3 is 2.50 bits per heavy atom. The topological polar surface area (TPSA) is 73.9 Å². The quantitative estimate of drug-likeness (QED) is 0.333. The number of hydroxylamine groups is 2. The van der Waals surface area contributed by atoms with Crippen molar-refractivity contribution < 1.29 is 14.4 Å². The van der Waals surface area contributed by atoms with Crippen molar-refractivity contribution in [2.45, 2.75) is 84.2 Å². The summed E-state index contributed by atoms with van der Waals surface area (Å²) in [6, 6.07) is 10.7. The molecule has 7 nitrogen and oxygen atoms in total. The zero-order chi connectivity index (χ0) is 26.2. The molecule has 2 N–H and O–H groups in total. The number of likely N-dealkylation sites (N-methyl/N-ethyl adjacent to an activating group) is 1. The summed E-state index contributed by atoms with van der Waals surface area (Å²) in [5.74, 6) is 1.33. The summed E-state index contributed by atoms with van der Waals surface area (Å²) in [6.07, 6.45) is 10.8. The second kappa shape index (κ2) is 17.5. The highest BCUT2D eigenvalue weighted by molar-refractivity contribution is 5.81. The van der Waals surface area contributed by atoms with Gasteiger partial charge in [0, 0.05) is 32.2 Å². The van der Waals surface area contributed by atoms with Crippen LogP contribution in [0.25, 0.3) is 0 Å². The van der Waals surface area contributed by atoms with Crippen molar-refractivity contribution in [1.82, 2.24) is 20.6 Å². The van der Waals surface area contributed by atoms with Crippen LogP contribution in [0.5, 0.6) is 0 Å². The van der Waals surface area contributed by atoms with Crippen molar-refractivity contribution in [3.63, 3.8) is 0 Å². The van der Waals surface area contributed by atoms with Gasteiger partial charge in [-0.05, 0) is 77.3 Å². The minimum Gasteiger partial charge on any atom is -0.352 e. The van der Waals surface area contributed by atoms with E-state index in [1.807, 2.05) is 31.9 Å². The molecule has 2 amide bonds. The van der Waals surface area contributed by atoms with Crippen LogP contribution >= 0.6 is 0 Å². The largest absolute Gasteiger partial charge is 0.352 e. The van der Waals surface area contributed by atoms with Crippen LogP contribution in [0, 0.1) is 11.8 Å². The monoisotopic (exact) mass is 502 g/mol. The van der Waals surface area contributed by atoms with Gasteiger partial charge in [-0.1, -0.05) is 49.6 Å². The number of carbonyl (C=O) groups is 2. The SMILES string of the molecule is CCON(CCc1ccccc1)CC1CCCN(C=O)C1.CNC(C)C(=O)N[C@H](C)C1CCCCC1. The lowest BCUT2D eigenvalue weighted by Crippen LogP contribution is -2.46. The molecule has 2 fully saturated rings. The van der Waals surface area contributed by atoms with E-state index in [0.29, 0.717) is 24.5 Å². The lowest BCUT2D eigenvalue weighted by atomic mass is 9.84. The van der Waals surface area contributed by atoms with Gasteiger partial charge in [0.05, 0.1) is 12.6 Å². The van der Waals surface area contributed by atoms with E-state index in [1.54, 1.807) is 0 Å². The summed E-state index contributed by atoms with van der Waals surface area (Å²) in [4.78, 5) is 30.2. The van der Waals surface area contributed by atoms with Crippen molar-refractivity contribution in [3.05, 3.63) is 35.9 Å². The first kappa shape index (κ1) is 30.3. The van der Waals surface area contributed by atoms with Gasteiger partial charge in [0.2, 0.25) is 12.3 Å². The van der Waals surface area contributed by atoms with E-state index in [4.69, 9.17) is 4.84 Å². The highest BCUT2D eigenvalue weighted by atomic mass is 16.7. The van der Waals surface area contributed by atoms with Crippen LogP contribution in [-0.4, -0.2) is 74.2 Å². The predicted molar refractivity (Wildman–Crippen MR) is 146 cm³/mol. The number of nitrogens with zero attached hydrogens (tertiary/aromatic N) is 2. The molecule has 204 valence electrons. The molecule has 36 heavy (non-hydrogen) atoms. The summed E-state index contributed by atoms with van der Waals surface area (Å²) < 4.78 is 0. The average Bonchev–Trinajstić information content (AvgIpc) is 2.92. The number of hydrogen-bond acceptors (Lipinski definition) is 5. The lowest BCUT2D eigenvalue weighted by molar-refractivity contribution is -0.164. The second-order valence-electron chi connectivity index (χ2n) is 10.4. The van der Waals surface area contributed by atoms with Gasteiger partial charge < -0.3 is 15.5 Å². The molecule has 1 aliphatic heterocycles. The van der Waals surface area contributed by atoms with Crippen molar-refractivity contribution in [2.24, 2.45) is 11.8 Å². The number of rotatable bonds is 12. The maximum absolute atomic E-state index is 11.7. The molecule has 3 atom stereocenters. The summed E-state index contributed by atoms with van der Waals surface area (Å²) in [5, 5.41) is 8.14. The van der Waals surface area contributed by atoms with Gasteiger partial charge in [0.25, 0.3) is 0 Å². The molecule has 3 rings (SSSR count). The number of nitrogens with one attached hydrogen (secondary N) is 2. The Kier molecular flexibility index (Phi) is 14.7. The standard InChI is InChI=1S/C17H26N2O2.C12H24N2O/c1-2-21-19(12-10-16-7-4-3-5-8-16)14-17-9-6-11-18(13-17)15-20;1-9(11-7-5-4-6-8-11)14-12(15)10(2)13-3/h3-5,7-8,15,17H,2,6,9-14H2,1H3;9-11,13H,4-8H2,1-3H3,(H,14,15)/t;9-,10?/m.1/s1. The molecule has 2 unspecified atom stereocenters. The zero-order valence-corrected chi connectivity index (χ0v) is 23.1. The van der Waals surface area contributed by atoms with Crippen molar-refractivity contribution >= 4 is 12.3 Å². The van der Waals surface area contributed by atoms with Gasteiger partial charge in [-0.3, -0.25) is 14.4 Å². The first-order valence-corrected chi connectivity index (χ1v) is 14.1. The third-order valence-corrected chi connectivity index (χ3v) is 7.52. The Morgan fingerprint density at radius 1 is 1.14 bits per heavy atom. The Morgan fingerprint density at radius 2 is 1.86 bits per heavy atom. The molecule has 1 heterocycles. The van der Waals surface area contributed by atoms with E-state index in [9.17, 15) is 9.59 Å².